The second-order valence-corrected chi connectivity index (χ2v) is 7.40. The van der Waals surface area contributed by atoms with Crippen molar-refractivity contribution in [1.29, 1.82) is 0 Å². The van der Waals surface area contributed by atoms with Crippen LogP contribution >= 0.6 is 0 Å². The van der Waals surface area contributed by atoms with Crippen molar-refractivity contribution in [3.8, 4) is 0 Å². The van der Waals surface area contributed by atoms with Crippen molar-refractivity contribution < 1.29 is 0 Å². The number of nitrogens with one attached hydrogen (secondary N) is 1. The molecule has 0 aliphatic heterocycles. The van der Waals surface area contributed by atoms with E-state index in [9.17, 15) is 0 Å². The minimum absolute atomic E-state index is 0.896. The first-order valence-corrected chi connectivity index (χ1v) is 9.63. The maximum Gasteiger partial charge on any atom is 0.00683 e. The lowest BCUT2D eigenvalue weighted by atomic mass is 9.83. The van der Waals surface area contributed by atoms with Gasteiger partial charge >= 0.3 is 0 Å². The lowest BCUT2D eigenvalue weighted by Crippen LogP contribution is -2.29. The Kier molecular flexibility index (Phi) is 8.02. The monoisotopic (exact) mass is 279 g/mol. The van der Waals surface area contributed by atoms with E-state index in [2.05, 4.69) is 12.2 Å². The highest BCUT2D eigenvalue weighted by Gasteiger charge is 2.26. The summed E-state index contributed by atoms with van der Waals surface area (Å²) in [5.41, 5.74) is 0. The van der Waals surface area contributed by atoms with Gasteiger partial charge in [0.15, 0.2) is 0 Å². The molecule has 1 heteroatoms. The summed E-state index contributed by atoms with van der Waals surface area (Å²) >= 11 is 0. The van der Waals surface area contributed by atoms with E-state index in [1.165, 1.54) is 96.4 Å². The molecule has 2 atom stereocenters. The standard InChI is InChI=1S/C19H37N/c1-2-3-4-5-6-8-11-17-12-9-7-10-13-18(17)16-20-19-14-15-19/h17-20H,2-16H2,1H3. The molecular formula is C19H37N. The maximum absolute atomic E-state index is 3.80. The van der Waals surface area contributed by atoms with E-state index in [1.54, 1.807) is 0 Å². The van der Waals surface area contributed by atoms with Gasteiger partial charge in [-0.1, -0.05) is 77.6 Å². The van der Waals surface area contributed by atoms with Crippen molar-refractivity contribution in [1.82, 2.24) is 5.32 Å². The van der Waals surface area contributed by atoms with Crippen molar-refractivity contribution in [2.75, 3.05) is 6.54 Å². The number of hydrogen-bond acceptors (Lipinski definition) is 1. The zero-order valence-electron chi connectivity index (χ0n) is 13.8. The van der Waals surface area contributed by atoms with Gasteiger partial charge in [-0.3, -0.25) is 0 Å². The summed E-state index contributed by atoms with van der Waals surface area (Å²) in [6.45, 7) is 3.63. The zero-order chi connectivity index (χ0) is 14.0. The van der Waals surface area contributed by atoms with E-state index in [-0.39, 0.29) is 0 Å². The third-order valence-corrected chi connectivity index (χ3v) is 5.49. The first kappa shape index (κ1) is 16.3. The van der Waals surface area contributed by atoms with Gasteiger partial charge in [0.05, 0.1) is 0 Å². The smallest absolute Gasteiger partial charge is 0.00683 e. The summed E-state index contributed by atoms with van der Waals surface area (Å²) in [6, 6.07) is 0.896. The summed E-state index contributed by atoms with van der Waals surface area (Å²) in [5.74, 6) is 2.03. The Bertz CT molecular complexity index is 234. The summed E-state index contributed by atoms with van der Waals surface area (Å²) in [5, 5.41) is 3.80. The van der Waals surface area contributed by atoms with Crippen LogP contribution in [0.4, 0.5) is 0 Å². The Labute approximate surface area is 127 Å². The normalized spacial score (nSPS) is 27.4. The molecule has 0 radical (unpaired) electrons. The summed E-state index contributed by atoms with van der Waals surface area (Å²) in [7, 11) is 0. The van der Waals surface area contributed by atoms with Crippen molar-refractivity contribution in [3.05, 3.63) is 0 Å². The average molecular weight is 280 g/mol. The highest BCUT2D eigenvalue weighted by Crippen LogP contribution is 2.33. The van der Waals surface area contributed by atoms with Crippen molar-refractivity contribution in [3.63, 3.8) is 0 Å². The molecule has 1 N–H and O–H groups in total. The molecule has 118 valence electrons. The summed E-state index contributed by atoms with van der Waals surface area (Å²) in [6.07, 6.45) is 20.6. The van der Waals surface area contributed by atoms with Crippen LogP contribution in [0.1, 0.15) is 96.8 Å². The summed E-state index contributed by atoms with van der Waals surface area (Å²) < 4.78 is 0. The van der Waals surface area contributed by atoms with Crippen molar-refractivity contribution >= 4 is 0 Å². The van der Waals surface area contributed by atoms with E-state index < -0.39 is 0 Å². The second-order valence-electron chi connectivity index (χ2n) is 7.40. The van der Waals surface area contributed by atoms with Crippen molar-refractivity contribution in [2.24, 2.45) is 11.8 Å². The SMILES string of the molecule is CCCCCCCCC1CCCCCC1CNC1CC1. The van der Waals surface area contributed by atoms with Crippen molar-refractivity contribution in [2.45, 2.75) is 103 Å². The van der Waals surface area contributed by atoms with Gasteiger partial charge in [0.25, 0.3) is 0 Å². The van der Waals surface area contributed by atoms with Crippen LogP contribution in [0.3, 0.4) is 0 Å². The predicted octanol–water partition coefficient (Wildman–Crippen LogP) is 5.69. The maximum atomic E-state index is 3.80. The molecule has 2 rings (SSSR count). The third kappa shape index (κ3) is 6.61. The van der Waals surface area contributed by atoms with Crippen LogP contribution in [0, 0.1) is 11.8 Å². The molecule has 1 nitrogen and oxygen atoms in total. The molecule has 2 unspecified atom stereocenters. The van der Waals surface area contributed by atoms with Crippen LogP contribution in [0.25, 0.3) is 0 Å². The minimum Gasteiger partial charge on any atom is -0.314 e. The molecule has 2 saturated carbocycles. The first-order valence-electron chi connectivity index (χ1n) is 9.63. The Morgan fingerprint density at radius 2 is 1.45 bits per heavy atom. The molecule has 0 bridgehead atoms. The van der Waals surface area contributed by atoms with Gasteiger partial charge in [-0.25, -0.2) is 0 Å². The fourth-order valence-electron chi connectivity index (χ4n) is 3.90. The lowest BCUT2D eigenvalue weighted by Gasteiger charge is -2.25. The molecule has 20 heavy (non-hydrogen) atoms. The van der Waals surface area contributed by atoms with E-state index in [4.69, 9.17) is 0 Å². The molecule has 0 saturated heterocycles. The molecule has 0 amide bonds. The molecule has 2 aliphatic carbocycles. The van der Waals surface area contributed by atoms with E-state index in [1.807, 2.05) is 0 Å². The van der Waals surface area contributed by atoms with Gasteiger partial charge in [-0.05, 0) is 37.6 Å². The molecule has 0 aromatic rings. The van der Waals surface area contributed by atoms with E-state index in [0.29, 0.717) is 0 Å². The van der Waals surface area contributed by atoms with Gasteiger partial charge in [0.2, 0.25) is 0 Å². The first-order chi connectivity index (χ1) is 9.90. The quantitative estimate of drug-likeness (QED) is 0.400. The molecule has 2 aliphatic rings. The van der Waals surface area contributed by atoms with E-state index in [0.717, 1.165) is 17.9 Å². The second kappa shape index (κ2) is 9.82. The van der Waals surface area contributed by atoms with Crippen LogP contribution in [-0.4, -0.2) is 12.6 Å². The van der Waals surface area contributed by atoms with Gasteiger partial charge in [-0.2, -0.15) is 0 Å². The fourth-order valence-corrected chi connectivity index (χ4v) is 3.90. The zero-order valence-corrected chi connectivity index (χ0v) is 13.8. The number of hydrogen-bond donors (Lipinski definition) is 1. The highest BCUT2D eigenvalue weighted by atomic mass is 14.9. The van der Waals surface area contributed by atoms with Crippen LogP contribution in [0.5, 0.6) is 0 Å². The number of rotatable bonds is 10. The van der Waals surface area contributed by atoms with Gasteiger partial charge in [0, 0.05) is 6.04 Å². The third-order valence-electron chi connectivity index (χ3n) is 5.49. The van der Waals surface area contributed by atoms with Crippen LogP contribution < -0.4 is 5.32 Å². The van der Waals surface area contributed by atoms with Crippen LogP contribution in [0.15, 0.2) is 0 Å². The van der Waals surface area contributed by atoms with E-state index >= 15 is 0 Å². The Morgan fingerprint density at radius 1 is 0.750 bits per heavy atom. The van der Waals surface area contributed by atoms with Crippen LogP contribution in [-0.2, 0) is 0 Å². The molecule has 0 aromatic carbocycles. The highest BCUT2D eigenvalue weighted by molar-refractivity contribution is 4.84. The Balaban J connectivity index is 1.61. The number of unbranched alkanes of at least 4 members (excludes halogenated alkanes) is 5. The van der Waals surface area contributed by atoms with Gasteiger partial charge in [0.1, 0.15) is 0 Å². The van der Waals surface area contributed by atoms with Crippen LogP contribution in [0.2, 0.25) is 0 Å². The lowest BCUT2D eigenvalue weighted by molar-refractivity contribution is 0.275. The topological polar surface area (TPSA) is 12.0 Å². The minimum atomic E-state index is 0.896. The summed E-state index contributed by atoms with van der Waals surface area (Å²) in [4.78, 5) is 0. The average Bonchev–Trinajstić information content (AvgIpc) is 3.28. The molecule has 0 heterocycles. The van der Waals surface area contributed by atoms with Gasteiger partial charge in [-0.15, -0.1) is 0 Å². The Morgan fingerprint density at radius 3 is 2.20 bits per heavy atom. The molecular weight excluding hydrogens is 242 g/mol. The molecule has 2 fully saturated rings. The fraction of sp³-hybridized carbons (Fsp3) is 1.00. The molecule has 0 aromatic heterocycles. The largest absolute Gasteiger partial charge is 0.314 e. The predicted molar refractivity (Wildman–Crippen MR) is 89.1 cm³/mol. The van der Waals surface area contributed by atoms with Gasteiger partial charge < -0.3 is 5.32 Å². The Hall–Kier alpha value is -0.0400. The molecule has 0 spiro atoms.